The van der Waals surface area contributed by atoms with Crippen molar-refractivity contribution in [3.63, 3.8) is 0 Å². The van der Waals surface area contributed by atoms with Gasteiger partial charge in [-0.2, -0.15) is 0 Å². The average Bonchev–Trinajstić information content (AvgIpc) is 2.43. The van der Waals surface area contributed by atoms with E-state index in [9.17, 15) is 0 Å². The predicted octanol–water partition coefficient (Wildman–Crippen LogP) is 3.97. The first-order valence-electron chi connectivity index (χ1n) is 3.74. The number of hydrogen-bond donors (Lipinski definition) is 1. The molecular formula is C9H8BrNS2. The van der Waals surface area contributed by atoms with Gasteiger partial charge in [-0.15, -0.1) is 23.1 Å². The molecule has 0 saturated carbocycles. The maximum absolute atomic E-state index is 5.81. The summed E-state index contributed by atoms with van der Waals surface area (Å²) in [4.78, 5) is 1.27. The van der Waals surface area contributed by atoms with Crippen LogP contribution < -0.4 is 5.73 Å². The molecule has 1 heterocycles. The van der Waals surface area contributed by atoms with Crippen LogP contribution in [0.1, 0.15) is 0 Å². The molecule has 0 amide bonds. The SMILES string of the molecule is CSc1ccc2sc(N)c(Br)c2c1. The summed E-state index contributed by atoms with van der Waals surface area (Å²) >= 11 is 6.85. The monoisotopic (exact) mass is 273 g/mol. The molecule has 0 fully saturated rings. The molecule has 0 radical (unpaired) electrons. The lowest BCUT2D eigenvalue weighted by Crippen LogP contribution is -1.76. The van der Waals surface area contributed by atoms with Crippen LogP contribution in [0.2, 0.25) is 0 Å². The molecule has 0 spiro atoms. The highest BCUT2D eigenvalue weighted by atomic mass is 79.9. The van der Waals surface area contributed by atoms with Gasteiger partial charge in [0.25, 0.3) is 0 Å². The third-order valence-corrected chi connectivity index (χ3v) is 4.70. The summed E-state index contributed by atoms with van der Waals surface area (Å²) < 4.78 is 2.27. The van der Waals surface area contributed by atoms with Gasteiger partial charge in [0.2, 0.25) is 0 Å². The van der Waals surface area contributed by atoms with Crippen LogP contribution in [0.15, 0.2) is 27.6 Å². The summed E-state index contributed by atoms with van der Waals surface area (Å²) in [5.41, 5.74) is 5.81. The van der Waals surface area contributed by atoms with Gasteiger partial charge in [0.15, 0.2) is 0 Å². The number of fused-ring (bicyclic) bond motifs is 1. The first-order chi connectivity index (χ1) is 6.22. The molecule has 2 aromatic rings. The van der Waals surface area contributed by atoms with Crippen LogP contribution in [0.5, 0.6) is 0 Å². The molecule has 13 heavy (non-hydrogen) atoms. The first-order valence-corrected chi connectivity index (χ1v) is 6.57. The minimum Gasteiger partial charge on any atom is -0.390 e. The first kappa shape index (κ1) is 9.37. The van der Waals surface area contributed by atoms with Gasteiger partial charge in [-0.05, 0) is 40.4 Å². The molecule has 0 atom stereocenters. The van der Waals surface area contributed by atoms with E-state index in [1.165, 1.54) is 15.0 Å². The molecule has 0 aliphatic heterocycles. The van der Waals surface area contributed by atoms with E-state index >= 15 is 0 Å². The lowest BCUT2D eigenvalue weighted by Gasteiger charge is -1.95. The number of benzene rings is 1. The van der Waals surface area contributed by atoms with Crippen molar-refractivity contribution in [1.29, 1.82) is 0 Å². The second-order valence-electron chi connectivity index (χ2n) is 2.64. The predicted molar refractivity (Wildman–Crippen MR) is 65.7 cm³/mol. The van der Waals surface area contributed by atoms with Crippen molar-refractivity contribution in [1.82, 2.24) is 0 Å². The highest BCUT2D eigenvalue weighted by molar-refractivity contribution is 9.10. The fourth-order valence-corrected chi connectivity index (χ4v) is 3.18. The Morgan fingerprint density at radius 1 is 1.46 bits per heavy atom. The Balaban J connectivity index is 2.75. The van der Waals surface area contributed by atoms with Crippen molar-refractivity contribution in [2.45, 2.75) is 4.90 Å². The van der Waals surface area contributed by atoms with Gasteiger partial charge >= 0.3 is 0 Å². The van der Waals surface area contributed by atoms with E-state index in [2.05, 4.69) is 40.4 Å². The molecule has 1 nitrogen and oxygen atoms in total. The summed E-state index contributed by atoms with van der Waals surface area (Å²) in [6, 6.07) is 6.40. The van der Waals surface area contributed by atoms with Crippen LogP contribution in [0.3, 0.4) is 0 Å². The Bertz CT molecular complexity index is 450. The van der Waals surface area contributed by atoms with Gasteiger partial charge in [0, 0.05) is 15.0 Å². The van der Waals surface area contributed by atoms with Gasteiger partial charge in [-0.25, -0.2) is 0 Å². The smallest absolute Gasteiger partial charge is 0.101 e. The van der Waals surface area contributed by atoms with E-state index in [0.29, 0.717) is 0 Å². The topological polar surface area (TPSA) is 26.0 Å². The van der Waals surface area contributed by atoms with Gasteiger partial charge in [-0.3, -0.25) is 0 Å². The Morgan fingerprint density at radius 2 is 2.23 bits per heavy atom. The Hall–Kier alpha value is -0.190. The summed E-state index contributed by atoms with van der Waals surface area (Å²) in [7, 11) is 0. The van der Waals surface area contributed by atoms with Gasteiger partial charge in [0.1, 0.15) is 5.00 Å². The van der Waals surface area contributed by atoms with Crippen LogP contribution in [-0.4, -0.2) is 6.26 Å². The molecule has 0 aliphatic rings. The normalized spacial score (nSPS) is 10.9. The van der Waals surface area contributed by atoms with Crippen LogP contribution in [0.4, 0.5) is 5.00 Å². The third kappa shape index (κ3) is 1.58. The lowest BCUT2D eigenvalue weighted by atomic mass is 10.3. The zero-order valence-corrected chi connectivity index (χ0v) is 10.2. The molecular weight excluding hydrogens is 266 g/mol. The van der Waals surface area contributed by atoms with Crippen molar-refractivity contribution in [2.24, 2.45) is 0 Å². The number of rotatable bonds is 1. The van der Waals surface area contributed by atoms with Crippen LogP contribution >= 0.6 is 39.0 Å². The molecule has 1 aromatic carbocycles. The third-order valence-electron chi connectivity index (χ3n) is 1.86. The van der Waals surface area contributed by atoms with Gasteiger partial charge < -0.3 is 5.73 Å². The number of thioether (sulfide) groups is 1. The van der Waals surface area contributed by atoms with E-state index in [0.717, 1.165) is 9.47 Å². The molecule has 0 unspecified atom stereocenters. The lowest BCUT2D eigenvalue weighted by molar-refractivity contribution is 1.52. The number of nitrogen functional groups attached to an aromatic ring is 1. The number of hydrogen-bond acceptors (Lipinski definition) is 3. The maximum Gasteiger partial charge on any atom is 0.101 e. The molecule has 0 bridgehead atoms. The Labute approximate surface area is 93.4 Å². The fourth-order valence-electron chi connectivity index (χ4n) is 1.19. The van der Waals surface area contributed by atoms with Crippen molar-refractivity contribution >= 4 is 54.1 Å². The van der Waals surface area contributed by atoms with E-state index in [4.69, 9.17) is 5.73 Å². The van der Waals surface area contributed by atoms with E-state index < -0.39 is 0 Å². The second-order valence-corrected chi connectivity index (χ2v) is 5.40. The Kier molecular flexibility index (Phi) is 2.53. The highest BCUT2D eigenvalue weighted by Gasteiger charge is 2.06. The van der Waals surface area contributed by atoms with Gasteiger partial charge in [0.05, 0.1) is 4.47 Å². The number of anilines is 1. The van der Waals surface area contributed by atoms with Crippen molar-refractivity contribution < 1.29 is 0 Å². The molecule has 2 rings (SSSR count). The maximum atomic E-state index is 5.81. The molecule has 68 valence electrons. The van der Waals surface area contributed by atoms with E-state index in [-0.39, 0.29) is 0 Å². The number of thiophene rings is 1. The second kappa shape index (κ2) is 3.52. The quantitative estimate of drug-likeness (QED) is 0.796. The molecule has 2 N–H and O–H groups in total. The average molecular weight is 274 g/mol. The highest BCUT2D eigenvalue weighted by Crippen LogP contribution is 2.38. The Morgan fingerprint density at radius 3 is 2.92 bits per heavy atom. The fraction of sp³-hybridized carbons (Fsp3) is 0.111. The zero-order chi connectivity index (χ0) is 9.42. The van der Waals surface area contributed by atoms with E-state index in [1.807, 2.05) is 0 Å². The minimum absolute atomic E-state index is 0.855. The largest absolute Gasteiger partial charge is 0.390 e. The van der Waals surface area contributed by atoms with Crippen LogP contribution in [0, 0.1) is 0 Å². The summed E-state index contributed by atoms with van der Waals surface area (Å²) in [6.07, 6.45) is 2.07. The molecule has 1 aromatic heterocycles. The van der Waals surface area contributed by atoms with Crippen molar-refractivity contribution in [2.75, 3.05) is 12.0 Å². The summed E-state index contributed by atoms with van der Waals surface area (Å²) in [6.45, 7) is 0. The number of nitrogens with two attached hydrogens (primary N) is 1. The molecule has 4 heteroatoms. The van der Waals surface area contributed by atoms with Crippen molar-refractivity contribution in [3.05, 3.63) is 22.7 Å². The number of halogens is 1. The molecule has 0 saturated heterocycles. The molecule has 0 aliphatic carbocycles. The standard InChI is InChI=1S/C9H8BrNS2/c1-12-5-2-3-7-6(4-5)8(10)9(11)13-7/h2-4H,11H2,1H3. The van der Waals surface area contributed by atoms with Crippen molar-refractivity contribution in [3.8, 4) is 0 Å². The summed E-state index contributed by atoms with van der Waals surface area (Å²) in [5, 5.41) is 2.07. The van der Waals surface area contributed by atoms with Crippen LogP contribution in [0.25, 0.3) is 10.1 Å². The van der Waals surface area contributed by atoms with E-state index in [1.54, 1.807) is 23.1 Å². The van der Waals surface area contributed by atoms with Crippen LogP contribution in [-0.2, 0) is 0 Å². The van der Waals surface area contributed by atoms with Gasteiger partial charge in [-0.1, -0.05) is 0 Å². The summed E-state index contributed by atoms with van der Waals surface area (Å²) in [5.74, 6) is 0. The minimum atomic E-state index is 0.855. The zero-order valence-electron chi connectivity index (χ0n) is 7.00.